The van der Waals surface area contributed by atoms with Crippen LogP contribution in [0.4, 0.5) is 4.39 Å². The Bertz CT molecular complexity index is 546. The van der Waals surface area contributed by atoms with Gasteiger partial charge in [0.2, 0.25) is 0 Å². The maximum absolute atomic E-state index is 13.6. The molecule has 2 aromatic carbocycles. The number of carbonyl (C=O) groups is 1. The third kappa shape index (κ3) is 2.74. The zero-order chi connectivity index (χ0) is 12.4. The Kier molecular flexibility index (Phi) is 3.93. The van der Waals surface area contributed by atoms with Gasteiger partial charge in [-0.1, -0.05) is 6.07 Å². The Hall–Kier alpha value is -0.750. The van der Waals surface area contributed by atoms with Crippen LogP contribution in [-0.4, -0.2) is 5.78 Å². The minimum atomic E-state index is -0.511. The molecule has 0 bridgehead atoms. The molecular weight excluding hydrogens is 398 g/mol. The van der Waals surface area contributed by atoms with Crippen molar-refractivity contribution in [3.05, 3.63) is 67.5 Å². The molecule has 2 aromatic rings. The fraction of sp³-hybridized carbons (Fsp3) is 0. The van der Waals surface area contributed by atoms with E-state index in [1.54, 1.807) is 24.3 Å². The Morgan fingerprint density at radius 1 is 1.12 bits per heavy atom. The van der Waals surface area contributed by atoms with Crippen molar-refractivity contribution in [3.8, 4) is 0 Å². The van der Waals surface area contributed by atoms with Crippen molar-refractivity contribution in [2.75, 3.05) is 0 Å². The highest BCUT2D eigenvalue weighted by Gasteiger charge is 2.16. The highest BCUT2D eigenvalue weighted by Crippen LogP contribution is 2.23. The first kappa shape index (κ1) is 12.7. The first-order valence-electron chi connectivity index (χ1n) is 4.84. The van der Waals surface area contributed by atoms with Crippen molar-refractivity contribution in [3.63, 3.8) is 0 Å². The second-order valence-electron chi connectivity index (χ2n) is 3.43. The van der Waals surface area contributed by atoms with Crippen molar-refractivity contribution < 1.29 is 9.18 Å². The zero-order valence-corrected chi connectivity index (χ0v) is 12.3. The van der Waals surface area contributed by atoms with E-state index in [1.807, 2.05) is 12.1 Å². The van der Waals surface area contributed by atoms with Gasteiger partial charge in [-0.25, -0.2) is 4.39 Å². The molecule has 0 atom stereocenters. The van der Waals surface area contributed by atoms with Gasteiger partial charge in [0.25, 0.3) is 0 Å². The SMILES string of the molecule is O=C(c1ccc(I)cc1)c1c(F)cccc1Br. The van der Waals surface area contributed by atoms with Gasteiger partial charge in [-0.2, -0.15) is 0 Å². The minimum absolute atomic E-state index is 0.0775. The highest BCUT2D eigenvalue weighted by atomic mass is 127. The number of hydrogen-bond acceptors (Lipinski definition) is 1. The summed E-state index contributed by atoms with van der Waals surface area (Å²) in [5, 5.41) is 0. The van der Waals surface area contributed by atoms with Crippen LogP contribution in [0.2, 0.25) is 0 Å². The number of carbonyl (C=O) groups excluding carboxylic acids is 1. The first-order valence-corrected chi connectivity index (χ1v) is 6.71. The Balaban J connectivity index is 2.47. The molecule has 0 aliphatic rings. The van der Waals surface area contributed by atoms with Crippen LogP contribution in [0.5, 0.6) is 0 Å². The topological polar surface area (TPSA) is 17.1 Å². The smallest absolute Gasteiger partial charge is 0.197 e. The lowest BCUT2D eigenvalue weighted by molar-refractivity contribution is 0.103. The van der Waals surface area contributed by atoms with E-state index >= 15 is 0 Å². The summed E-state index contributed by atoms with van der Waals surface area (Å²) in [5.74, 6) is -0.825. The third-order valence-corrected chi connectivity index (χ3v) is 3.68. The van der Waals surface area contributed by atoms with Crippen LogP contribution in [0.15, 0.2) is 46.9 Å². The van der Waals surface area contributed by atoms with Gasteiger partial charge >= 0.3 is 0 Å². The Morgan fingerprint density at radius 2 is 1.76 bits per heavy atom. The van der Waals surface area contributed by atoms with Crippen LogP contribution in [0.25, 0.3) is 0 Å². The average molecular weight is 405 g/mol. The van der Waals surface area contributed by atoms with Crippen molar-refractivity contribution >= 4 is 44.3 Å². The van der Waals surface area contributed by atoms with Crippen molar-refractivity contribution in [1.29, 1.82) is 0 Å². The average Bonchev–Trinajstić information content (AvgIpc) is 2.29. The van der Waals surface area contributed by atoms with Gasteiger partial charge in [0, 0.05) is 13.6 Å². The van der Waals surface area contributed by atoms with Crippen LogP contribution >= 0.6 is 38.5 Å². The molecule has 0 spiro atoms. The van der Waals surface area contributed by atoms with E-state index in [2.05, 4.69) is 38.5 Å². The van der Waals surface area contributed by atoms with Gasteiger partial charge < -0.3 is 0 Å². The maximum atomic E-state index is 13.6. The van der Waals surface area contributed by atoms with Crippen LogP contribution in [0.1, 0.15) is 15.9 Å². The second-order valence-corrected chi connectivity index (χ2v) is 5.53. The van der Waals surface area contributed by atoms with Crippen LogP contribution < -0.4 is 0 Å². The normalized spacial score (nSPS) is 10.3. The predicted octanol–water partition coefficient (Wildman–Crippen LogP) is 4.42. The summed E-state index contributed by atoms with van der Waals surface area (Å²) in [5.41, 5.74) is 0.560. The summed E-state index contributed by atoms with van der Waals surface area (Å²) in [7, 11) is 0. The molecular formula is C13H7BrFIO. The van der Waals surface area contributed by atoms with Crippen LogP contribution in [0.3, 0.4) is 0 Å². The Labute approximate surface area is 120 Å². The van der Waals surface area contributed by atoms with Gasteiger partial charge in [0.15, 0.2) is 5.78 Å². The number of rotatable bonds is 2. The van der Waals surface area contributed by atoms with Gasteiger partial charge in [-0.3, -0.25) is 4.79 Å². The summed E-state index contributed by atoms with van der Waals surface area (Å²) >= 11 is 5.35. The molecule has 0 saturated carbocycles. The molecule has 0 aliphatic heterocycles. The summed E-state index contributed by atoms with van der Waals surface area (Å²) in [6.45, 7) is 0. The highest BCUT2D eigenvalue weighted by molar-refractivity contribution is 14.1. The molecule has 0 saturated heterocycles. The lowest BCUT2D eigenvalue weighted by Gasteiger charge is -2.05. The zero-order valence-electron chi connectivity index (χ0n) is 8.58. The summed E-state index contributed by atoms with van der Waals surface area (Å²) < 4.78 is 15.1. The number of benzene rings is 2. The number of halogens is 3. The molecule has 0 N–H and O–H groups in total. The van der Waals surface area contributed by atoms with Crippen LogP contribution in [-0.2, 0) is 0 Å². The molecule has 4 heteroatoms. The van der Waals surface area contributed by atoms with Gasteiger partial charge in [0.05, 0.1) is 5.56 Å². The van der Waals surface area contributed by atoms with E-state index in [0.29, 0.717) is 10.0 Å². The summed E-state index contributed by atoms with van der Waals surface area (Å²) in [4.78, 5) is 12.1. The minimum Gasteiger partial charge on any atom is -0.288 e. The molecule has 1 nitrogen and oxygen atoms in total. The summed E-state index contributed by atoms with van der Waals surface area (Å²) in [6, 6.07) is 11.5. The lowest BCUT2D eigenvalue weighted by Crippen LogP contribution is -2.05. The Morgan fingerprint density at radius 3 is 2.35 bits per heavy atom. The van der Waals surface area contributed by atoms with E-state index < -0.39 is 5.82 Å². The molecule has 86 valence electrons. The largest absolute Gasteiger partial charge is 0.288 e. The second kappa shape index (κ2) is 5.27. The predicted molar refractivity (Wildman–Crippen MR) is 76.7 cm³/mol. The molecule has 0 radical (unpaired) electrons. The molecule has 17 heavy (non-hydrogen) atoms. The van der Waals surface area contributed by atoms with E-state index in [0.717, 1.165) is 3.57 Å². The maximum Gasteiger partial charge on any atom is 0.197 e. The van der Waals surface area contributed by atoms with Crippen molar-refractivity contribution in [2.24, 2.45) is 0 Å². The fourth-order valence-electron chi connectivity index (χ4n) is 1.46. The molecule has 0 aliphatic carbocycles. The van der Waals surface area contributed by atoms with Gasteiger partial charge in [-0.15, -0.1) is 0 Å². The molecule has 0 amide bonds. The standard InChI is InChI=1S/C13H7BrFIO/c14-10-2-1-3-11(15)12(10)13(17)8-4-6-9(16)7-5-8/h1-7H. The lowest BCUT2D eigenvalue weighted by atomic mass is 10.0. The van der Waals surface area contributed by atoms with E-state index in [4.69, 9.17) is 0 Å². The van der Waals surface area contributed by atoms with Gasteiger partial charge in [-0.05, 0) is 74.9 Å². The number of hydrogen-bond donors (Lipinski definition) is 0. The van der Waals surface area contributed by atoms with E-state index in [1.165, 1.54) is 6.07 Å². The van der Waals surface area contributed by atoms with Crippen molar-refractivity contribution in [1.82, 2.24) is 0 Å². The van der Waals surface area contributed by atoms with Crippen LogP contribution in [0, 0.1) is 9.39 Å². The fourth-order valence-corrected chi connectivity index (χ4v) is 2.34. The molecule has 2 rings (SSSR count). The quantitative estimate of drug-likeness (QED) is 0.534. The molecule has 0 heterocycles. The number of ketones is 1. The first-order chi connectivity index (χ1) is 8.09. The molecule has 0 fully saturated rings. The molecule has 0 aromatic heterocycles. The van der Waals surface area contributed by atoms with E-state index in [9.17, 15) is 9.18 Å². The third-order valence-electron chi connectivity index (χ3n) is 2.30. The van der Waals surface area contributed by atoms with E-state index in [-0.39, 0.29) is 11.3 Å². The van der Waals surface area contributed by atoms with Crippen molar-refractivity contribution in [2.45, 2.75) is 0 Å². The monoisotopic (exact) mass is 404 g/mol. The van der Waals surface area contributed by atoms with Gasteiger partial charge in [0.1, 0.15) is 5.82 Å². The summed E-state index contributed by atoms with van der Waals surface area (Å²) in [6.07, 6.45) is 0. The molecule has 0 unspecified atom stereocenters.